The number of hydrogen-bond donors (Lipinski definition) is 1. The fourth-order valence-electron chi connectivity index (χ4n) is 4.56. The van der Waals surface area contributed by atoms with Gasteiger partial charge in [-0.15, -0.1) is 0 Å². The number of rotatable bonds is 16. The van der Waals surface area contributed by atoms with E-state index in [1.165, 1.54) is 6.07 Å². The smallest absolute Gasteiger partial charge is 0.311 e. The molecule has 0 bridgehead atoms. The first-order valence-corrected chi connectivity index (χ1v) is 14.7. The number of carbonyl (C=O) groups is 3. The van der Waals surface area contributed by atoms with Gasteiger partial charge >= 0.3 is 11.9 Å². The summed E-state index contributed by atoms with van der Waals surface area (Å²) in [7, 11) is 0. The van der Waals surface area contributed by atoms with Gasteiger partial charge in [-0.3, -0.25) is 19.2 Å². The van der Waals surface area contributed by atoms with Crippen molar-refractivity contribution < 1.29 is 33.4 Å². The summed E-state index contributed by atoms with van der Waals surface area (Å²) in [6.45, 7) is 6.02. The predicted octanol–water partition coefficient (Wildman–Crippen LogP) is 7.90. The highest BCUT2D eigenvalue weighted by atomic mass is 16.5. The van der Waals surface area contributed by atoms with Crippen molar-refractivity contribution in [2.45, 2.75) is 97.8 Å². The molecule has 0 amide bonds. The molecule has 0 aliphatic rings. The molecule has 1 N–H and O–H groups in total. The van der Waals surface area contributed by atoms with Crippen molar-refractivity contribution >= 4 is 28.7 Å². The minimum absolute atomic E-state index is 0.00594. The minimum Gasteiger partial charge on any atom is -0.507 e. The number of phenolic OH excluding ortho intramolecular Hbond substituents is 1. The Labute approximate surface area is 240 Å². The quantitative estimate of drug-likeness (QED) is 0.0807. The number of hydrogen-bond acceptors (Lipinski definition) is 8. The van der Waals surface area contributed by atoms with Crippen LogP contribution in [0.1, 0.15) is 108 Å². The minimum atomic E-state index is -0.770. The Hall–Kier alpha value is -3.94. The van der Waals surface area contributed by atoms with E-state index in [0.717, 1.165) is 38.5 Å². The number of esters is 2. The van der Waals surface area contributed by atoms with Gasteiger partial charge in [0.05, 0.1) is 0 Å². The largest absolute Gasteiger partial charge is 0.507 e. The zero-order valence-electron chi connectivity index (χ0n) is 24.3. The number of carbonyl (C=O) groups excluding carboxylic acids is 3. The summed E-state index contributed by atoms with van der Waals surface area (Å²) in [4.78, 5) is 53.0. The molecule has 0 spiro atoms. The number of Topliss-reactive ketones (excluding diaryl/α,β-unsaturated/α-hetero) is 1. The van der Waals surface area contributed by atoms with Gasteiger partial charge < -0.3 is 19.0 Å². The van der Waals surface area contributed by atoms with Gasteiger partial charge in [0.25, 0.3) is 0 Å². The Kier molecular flexibility index (Phi) is 12.1. The molecule has 220 valence electrons. The van der Waals surface area contributed by atoms with Crippen LogP contribution in [0.15, 0.2) is 45.6 Å². The molecule has 0 saturated heterocycles. The van der Waals surface area contributed by atoms with Crippen molar-refractivity contribution in [3.8, 4) is 28.6 Å². The Balaban J connectivity index is 2.25. The van der Waals surface area contributed by atoms with Crippen LogP contribution in [-0.2, 0) is 9.59 Å². The lowest BCUT2D eigenvalue weighted by molar-refractivity contribution is -0.135. The molecule has 0 aliphatic carbocycles. The Morgan fingerprint density at radius 2 is 1.29 bits per heavy atom. The van der Waals surface area contributed by atoms with E-state index in [9.17, 15) is 24.3 Å². The third-order valence-corrected chi connectivity index (χ3v) is 6.80. The normalized spacial score (nSPS) is 11.0. The van der Waals surface area contributed by atoms with E-state index < -0.39 is 28.9 Å². The number of aromatic hydroxyl groups is 1. The zero-order valence-corrected chi connectivity index (χ0v) is 24.3. The molecule has 0 aliphatic heterocycles. The first kappa shape index (κ1) is 31.6. The number of fused-ring (bicyclic) bond motifs is 1. The monoisotopic (exact) mass is 564 g/mol. The number of benzene rings is 2. The van der Waals surface area contributed by atoms with E-state index in [2.05, 4.69) is 0 Å². The molecule has 0 atom stereocenters. The summed E-state index contributed by atoms with van der Waals surface area (Å²) in [6.07, 6.45) is 7.12. The molecular weight excluding hydrogens is 524 g/mol. The summed E-state index contributed by atoms with van der Waals surface area (Å²) >= 11 is 0. The second-order valence-corrected chi connectivity index (χ2v) is 10.2. The maximum absolute atomic E-state index is 14.1. The van der Waals surface area contributed by atoms with Crippen LogP contribution < -0.4 is 14.9 Å². The van der Waals surface area contributed by atoms with Gasteiger partial charge in [-0.1, -0.05) is 89.6 Å². The number of ketones is 1. The molecule has 41 heavy (non-hydrogen) atoms. The van der Waals surface area contributed by atoms with E-state index >= 15 is 0 Å². The SMILES string of the molecule is CCCCCC(=O)Oc1c(-c2ccccc2)oc2cc(O)c(C(=O)CCCCC)c(OC(=O)CCCCC)c2c1=O. The van der Waals surface area contributed by atoms with Crippen LogP contribution in [0.25, 0.3) is 22.3 Å². The maximum atomic E-state index is 14.1. The average molecular weight is 565 g/mol. The van der Waals surface area contributed by atoms with Crippen LogP contribution in [0.5, 0.6) is 17.2 Å². The number of ether oxygens (including phenoxy) is 2. The molecule has 1 aromatic heterocycles. The lowest BCUT2D eigenvalue weighted by Gasteiger charge is -2.16. The van der Waals surface area contributed by atoms with E-state index in [1.54, 1.807) is 30.3 Å². The van der Waals surface area contributed by atoms with Crippen molar-refractivity contribution in [3.05, 3.63) is 52.2 Å². The van der Waals surface area contributed by atoms with Crippen molar-refractivity contribution in [2.75, 3.05) is 0 Å². The van der Waals surface area contributed by atoms with Gasteiger partial charge in [-0.25, -0.2) is 0 Å². The molecule has 8 nitrogen and oxygen atoms in total. The fraction of sp³-hybridized carbons (Fsp3) is 0.455. The predicted molar refractivity (Wildman–Crippen MR) is 158 cm³/mol. The lowest BCUT2D eigenvalue weighted by Crippen LogP contribution is -2.18. The van der Waals surface area contributed by atoms with Crippen molar-refractivity contribution in [1.29, 1.82) is 0 Å². The zero-order chi connectivity index (χ0) is 29.8. The van der Waals surface area contributed by atoms with Crippen LogP contribution in [0.2, 0.25) is 0 Å². The molecule has 0 radical (unpaired) electrons. The Morgan fingerprint density at radius 1 is 0.756 bits per heavy atom. The van der Waals surface area contributed by atoms with Gasteiger partial charge in [-0.2, -0.15) is 0 Å². The molecule has 8 heteroatoms. The summed E-state index contributed by atoms with van der Waals surface area (Å²) in [6, 6.07) is 9.84. The van der Waals surface area contributed by atoms with Crippen molar-refractivity contribution in [3.63, 3.8) is 0 Å². The lowest BCUT2D eigenvalue weighted by atomic mass is 9.99. The average Bonchev–Trinajstić information content (AvgIpc) is 2.95. The van der Waals surface area contributed by atoms with Gasteiger partial charge in [0, 0.05) is 30.9 Å². The Morgan fingerprint density at radius 3 is 1.85 bits per heavy atom. The van der Waals surface area contributed by atoms with Gasteiger partial charge in [0.15, 0.2) is 17.3 Å². The van der Waals surface area contributed by atoms with Crippen molar-refractivity contribution in [1.82, 2.24) is 0 Å². The molecule has 3 aromatic rings. The third-order valence-electron chi connectivity index (χ3n) is 6.80. The summed E-state index contributed by atoms with van der Waals surface area (Å²) in [5.41, 5.74) is -0.649. The van der Waals surface area contributed by atoms with Crippen molar-refractivity contribution in [2.24, 2.45) is 0 Å². The Bertz CT molecular complexity index is 1400. The fourth-order valence-corrected chi connectivity index (χ4v) is 4.56. The second-order valence-electron chi connectivity index (χ2n) is 10.2. The molecule has 2 aromatic carbocycles. The van der Waals surface area contributed by atoms with Crippen LogP contribution >= 0.6 is 0 Å². The third kappa shape index (κ3) is 8.28. The standard InChI is InChI=1S/C33H40O8/c1-4-7-11-18-23(34)28-24(35)21-25-29(32(28)40-26(36)19-12-8-5-2)30(38)33(41-27(37)20-13-9-6-3)31(39-25)22-16-14-10-15-17-22/h10,14-17,21,35H,4-9,11-13,18-20H2,1-3H3. The van der Waals surface area contributed by atoms with E-state index in [4.69, 9.17) is 13.9 Å². The summed E-state index contributed by atoms with van der Waals surface area (Å²) in [5.74, 6) is -2.88. The van der Waals surface area contributed by atoms with E-state index in [1.807, 2.05) is 20.8 Å². The molecular formula is C33H40O8. The van der Waals surface area contributed by atoms with Gasteiger partial charge in [0.1, 0.15) is 22.3 Å². The number of unbranched alkanes of at least 4 members (excludes halogenated alkanes) is 6. The van der Waals surface area contributed by atoms with E-state index in [0.29, 0.717) is 24.8 Å². The van der Waals surface area contributed by atoms with Gasteiger partial charge in [0.2, 0.25) is 11.2 Å². The topological polar surface area (TPSA) is 120 Å². The van der Waals surface area contributed by atoms with Crippen LogP contribution in [0, 0.1) is 0 Å². The highest BCUT2D eigenvalue weighted by Gasteiger charge is 2.29. The highest BCUT2D eigenvalue weighted by Crippen LogP contribution is 2.40. The summed E-state index contributed by atoms with van der Waals surface area (Å²) in [5, 5.41) is 10.7. The summed E-state index contributed by atoms with van der Waals surface area (Å²) < 4.78 is 17.3. The van der Waals surface area contributed by atoms with Gasteiger partial charge in [-0.05, 0) is 19.3 Å². The molecule has 0 unspecified atom stereocenters. The van der Waals surface area contributed by atoms with E-state index in [-0.39, 0.29) is 53.1 Å². The molecule has 3 rings (SSSR count). The number of phenols is 1. The first-order valence-electron chi connectivity index (χ1n) is 14.7. The maximum Gasteiger partial charge on any atom is 0.311 e. The van der Waals surface area contributed by atoms with Crippen LogP contribution in [-0.4, -0.2) is 22.8 Å². The molecule has 1 heterocycles. The molecule has 0 fully saturated rings. The second kappa shape index (κ2) is 15.7. The first-order chi connectivity index (χ1) is 19.8. The van der Waals surface area contributed by atoms with Crippen LogP contribution in [0.3, 0.4) is 0 Å². The van der Waals surface area contributed by atoms with Crippen LogP contribution in [0.4, 0.5) is 0 Å². The highest BCUT2D eigenvalue weighted by molar-refractivity contribution is 6.08. The molecule has 0 saturated carbocycles.